The summed E-state index contributed by atoms with van der Waals surface area (Å²) in [5.74, 6) is 0.608. The normalized spacial score (nSPS) is 16.2. The molecule has 4 rings (SSSR count). The Balaban J connectivity index is 2.00. The van der Waals surface area contributed by atoms with E-state index in [0.29, 0.717) is 16.8 Å². The maximum atomic E-state index is 14.5. The Kier molecular flexibility index (Phi) is 2.78. The summed E-state index contributed by atoms with van der Waals surface area (Å²) in [6.07, 6.45) is 3.45. The van der Waals surface area contributed by atoms with E-state index < -0.39 is 0 Å². The van der Waals surface area contributed by atoms with Gasteiger partial charge in [-0.2, -0.15) is 0 Å². The molecular weight excluding hydrogens is 303 g/mol. The number of aromatic nitrogens is 4. The molecule has 2 aromatic heterocycles. The van der Waals surface area contributed by atoms with Gasteiger partial charge in [0.15, 0.2) is 5.82 Å². The molecule has 0 unspecified atom stereocenters. The molecule has 22 heavy (non-hydrogen) atoms. The van der Waals surface area contributed by atoms with Crippen LogP contribution in [0.5, 0.6) is 0 Å². The predicted octanol–water partition coefficient (Wildman–Crippen LogP) is 3.97. The van der Waals surface area contributed by atoms with Gasteiger partial charge >= 0.3 is 0 Å². The van der Waals surface area contributed by atoms with Crippen molar-refractivity contribution in [3.8, 4) is 11.3 Å². The van der Waals surface area contributed by atoms with Crippen molar-refractivity contribution in [2.75, 3.05) is 0 Å². The molecule has 0 saturated heterocycles. The molecule has 0 amide bonds. The van der Waals surface area contributed by atoms with Crippen LogP contribution >= 0.6 is 11.6 Å². The lowest BCUT2D eigenvalue weighted by atomic mass is 10.0. The van der Waals surface area contributed by atoms with E-state index in [-0.39, 0.29) is 16.6 Å². The minimum atomic E-state index is -0.333. The van der Waals surface area contributed by atoms with Crippen LogP contribution in [-0.4, -0.2) is 19.5 Å². The monoisotopic (exact) mass is 316 g/mol. The lowest BCUT2D eigenvalue weighted by Crippen LogP contribution is -2.21. The third kappa shape index (κ3) is 1.92. The molecule has 0 atom stereocenters. The highest BCUT2D eigenvalue weighted by Gasteiger charge is 2.33. The van der Waals surface area contributed by atoms with Crippen LogP contribution in [0.3, 0.4) is 0 Å². The number of benzene rings is 1. The van der Waals surface area contributed by atoms with Gasteiger partial charge in [0, 0.05) is 23.7 Å². The predicted molar refractivity (Wildman–Crippen MR) is 83.4 cm³/mol. The first-order valence-electron chi connectivity index (χ1n) is 7.16. The first-order valence-corrected chi connectivity index (χ1v) is 7.54. The number of rotatable bonds is 1. The van der Waals surface area contributed by atoms with Gasteiger partial charge in [-0.1, -0.05) is 0 Å². The van der Waals surface area contributed by atoms with Crippen LogP contribution < -0.4 is 0 Å². The largest absolute Gasteiger partial charge is 0.322 e. The van der Waals surface area contributed by atoms with Gasteiger partial charge in [0.1, 0.15) is 11.3 Å². The molecule has 0 saturated carbocycles. The van der Waals surface area contributed by atoms with E-state index in [1.807, 2.05) is 6.07 Å². The zero-order chi connectivity index (χ0) is 15.5. The average molecular weight is 317 g/mol. The van der Waals surface area contributed by atoms with Gasteiger partial charge in [-0.3, -0.25) is 0 Å². The smallest absolute Gasteiger partial charge is 0.222 e. The fourth-order valence-electron chi connectivity index (χ4n) is 3.20. The van der Waals surface area contributed by atoms with Gasteiger partial charge in [0.25, 0.3) is 0 Å². The van der Waals surface area contributed by atoms with E-state index in [1.165, 1.54) is 6.07 Å². The molecule has 0 spiro atoms. The molecule has 3 heterocycles. The van der Waals surface area contributed by atoms with Crippen molar-refractivity contribution in [3.63, 3.8) is 0 Å². The van der Waals surface area contributed by atoms with Gasteiger partial charge in [0.05, 0.1) is 11.2 Å². The van der Waals surface area contributed by atoms with Crippen LogP contribution in [0.25, 0.3) is 22.3 Å². The van der Waals surface area contributed by atoms with Crippen molar-refractivity contribution >= 4 is 22.6 Å². The van der Waals surface area contributed by atoms with E-state index in [4.69, 9.17) is 11.6 Å². The van der Waals surface area contributed by atoms with E-state index >= 15 is 0 Å². The van der Waals surface area contributed by atoms with Crippen molar-refractivity contribution < 1.29 is 4.39 Å². The molecule has 0 aliphatic carbocycles. The number of imidazole rings is 1. The Hall–Kier alpha value is -2.01. The molecule has 0 N–H and O–H groups in total. The summed E-state index contributed by atoms with van der Waals surface area (Å²) in [4.78, 5) is 12.5. The highest BCUT2D eigenvalue weighted by Crippen LogP contribution is 2.37. The molecule has 0 bridgehead atoms. The molecule has 1 aromatic carbocycles. The number of aryl methyl sites for hydroxylation is 1. The van der Waals surface area contributed by atoms with E-state index in [1.54, 1.807) is 12.3 Å². The van der Waals surface area contributed by atoms with Gasteiger partial charge in [0.2, 0.25) is 5.28 Å². The fourth-order valence-corrected chi connectivity index (χ4v) is 3.35. The fraction of sp³-hybridized carbons (Fsp3) is 0.312. The number of fused-ring (bicyclic) bond motifs is 3. The highest BCUT2D eigenvalue weighted by molar-refractivity contribution is 6.28. The molecule has 4 nitrogen and oxygen atoms in total. The summed E-state index contributed by atoms with van der Waals surface area (Å²) in [5.41, 5.74) is 2.46. The minimum absolute atomic E-state index is 0.0571. The second-order valence-corrected chi connectivity index (χ2v) is 6.55. The quantitative estimate of drug-likeness (QED) is 0.638. The molecular formula is C16H14ClFN4. The van der Waals surface area contributed by atoms with Gasteiger partial charge in [-0.15, -0.1) is 0 Å². The van der Waals surface area contributed by atoms with Crippen molar-refractivity contribution in [2.24, 2.45) is 0 Å². The SMILES string of the molecule is CC1(C)CCc2nc3c(F)cc(-c4ccnc(Cl)n4)cc3n21. The van der Waals surface area contributed by atoms with Crippen molar-refractivity contribution in [1.29, 1.82) is 0 Å². The highest BCUT2D eigenvalue weighted by atomic mass is 35.5. The maximum absolute atomic E-state index is 14.5. The zero-order valence-corrected chi connectivity index (χ0v) is 13.0. The number of hydrogen-bond donors (Lipinski definition) is 0. The molecule has 0 fully saturated rings. The average Bonchev–Trinajstić information content (AvgIpc) is 2.98. The summed E-state index contributed by atoms with van der Waals surface area (Å²) in [7, 11) is 0. The molecule has 1 aliphatic heterocycles. The van der Waals surface area contributed by atoms with Crippen LogP contribution in [0.1, 0.15) is 26.1 Å². The Bertz CT molecular complexity index is 901. The van der Waals surface area contributed by atoms with Crippen LogP contribution in [0, 0.1) is 5.82 Å². The first kappa shape index (κ1) is 13.6. The number of halogens is 2. The summed E-state index contributed by atoms with van der Waals surface area (Å²) in [5, 5.41) is 0.150. The van der Waals surface area contributed by atoms with Crippen LogP contribution in [0.4, 0.5) is 4.39 Å². The molecule has 0 radical (unpaired) electrons. The van der Waals surface area contributed by atoms with E-state index in [2.05, 4.69) is 33.4 Å². The van der Waals surface area contributed by atoms with Gasteiger partial charge in [-0.05, 0) is 50.1 Å². The van der Waals surface area contributed by atoms with Crippen LogP contribution in [0.15, 0.2) is 24.4 Å². The third-order valence-electron chi connectivity index (χ3n) is 4.27. The second-order valence-electron chi connectivity index (χ2n) is 6.21. The Morgan fingerprint density at radius 1 is 1.27 bits per heavy atom. The Morgan fingerprint density at radius 3 is 2.86 bits per heavy atom. The lowest BCUT2D eigenvalue weighted by Gasteiger charge is -2.22. The van der Waals surface area contributed by atoms with Gasteiger partial charge in [-0.25, -0.2) is 19.3 Å². The molecule has 112 valence electrons. The first-order chi connectivity index (χ1) is 10.5. The third-order valence-corrected chi connectivity index (χ3v) is 4.45. The van der Waals surface area contributed by atoms with Crippen LogP contribution in [0.2, 0.25) is 5.28 Å². The second kappa shape index (κ2) is 4.49. The summed E-state index contributed by atoms with van der Waals surface area (Å²) in [6, 6.07) is 5.11. The van der Waals surface area contributed by atoms with E-state index in [9.17, 15) is 4.39 Å². The Morgan fingerprint density at radius 2 is 2.09 bits per heavy atom. The number of hydrogen-bond acceptors (Lipinski definition) is 3. The topological polar surface area (TPSA) is 43.6 Å². The molecule has 3 aromatic rings. The summed E-state index contributed by atoms with van der Waals surface area (Å²) in [6.45, 7) is 4.30. The maximum Gasteiger partial charge on any atom is 0.222 e. The summed E-state index contributed by atoms with van der Waals surface area (Å²) < 4.78 is 16.6. The summed E-state index contributed by atoms with van der Waals surface area (Å²) >= 11 is 5.84. The standard InChI is InChI=1S/C16H14ClFN4/c1-16(2)5-3-13-21-14-10(18)7-9(8-12(14)22(13)16)11-4-6-19-15(17)20-11/h4,6-8H,3,5H2,1-2H3. The molecule has 6 heteroatoms. The lowest BCUT2D eigenvalue weighted by molar-refractivity contribution is 0.386. The van der Waals surface area contributed by atoms with Crippen molar-refractivity contribution in [3.05, 3.63) is 41.3 Å². The zero-order valence-electron chi connectivity index (χ0n) is 12.3. The Labute approximate surface area is 132 Å². The van der Waals surface area contributed by atoms with Gasteiger partial charge < -0.3 is 4.57 Å². The van der Waals surface area contributed by atoms with Crippen LogP contribution in [-0.2, 0) is 12.0 Å². The number of nitrogens with zero attached hydrogens (tertiary/aromatic N) is 4. The molecule has 1 aliphatic rings. The van der Waals surface area contributed by atoms with E-state index in [0.717, 1.165) is 24.2 Å². The van der Waals surface area contributed by atoms with Crippen molar-refractivity contribution in [2.45, 2.75) is 32.2 Å². The van der Waals surface area contributed by atoms with Crippen molar-refractivity contribution in [1.82, 2.24) is 19.5 Å². The minimum Gasteiger partial charge on any atom is -0.322 e.